The Kier molecular flexibility index (Phi) is 4.16. The van der Waals surface area contributed by atoms with Crippen molar-refractivity contribution < 1.29 is 9.90 Å². The van der Waals surface area contributed by atoms with Crippen LogP contribution in [0.4, 0.5) is 0 Å². The Bertz CT molecular complexity index is 644. The summed E-state index contributed by atoms with van der Waals surface area (Å²) in [6.45, 7) is 6.34. The molecule has 1 aromatic carbocycles. The van der Waals surface area contributed by atoms with Crippen LogP contribution < -0.4 is 0 Å². The second kappa shape index (κ2) is 5.54. The van der Waals surface area contributed by atoms with E-state index in [-0.39, 0.29) is 11.0 Å². The molecule has 0 aliphatic carbocycles. The molecule has 0 aliphatic rings. The van der Waals surface area contributed by atoms with Gasteiger partial charge in [-0.3, -0.25) is 0 Å². The standard InChI is InChI=1S/C15H16ClNO2S/c1-15(2,3)12-8-20-13(17-12)7-10-6-9(14(18)19)4-5-11(10)16/h4-6,8H,7H2,1-3H3,(H,18,19). The van der Waals surface area contributed by atoms with Gasteiger partial charge in [0.1, 0.15) is 0 Å². The minimum absolute atomic E-state index is 0.0153. The van der Waals surface area contributed by atoms with E-state index in [4.69, 9.17) is 16.7 Å². The highest BCUT2D eigenvalue weighted by atomic mass is 35.5. The van der Waals surface area contributed by atoms with Crippen molar-refractivity contribution in [2.45, 2.75) is 32.6 Å². The lowest BCUT2D eigenvalue weighted by atomic mass is 9.93. The quantitative estimate of drug-likeness (QED) is 0.915. The summed E-state index contributed by atoms with van der Waals surface area (Å²) in [5, 5.41) is 12.6. The number of carbonyl (C=O) groups is 1. The van der Waals surface area contributed by atoms with Crippen molar-refractivity contribution >= 4 is 28.9 Å². The SMILES string of the molecule is CC(C)(C)c1csc(Cc2cc(C(=O)O)ccc2Cl)n1. The van der Waals surface area contributed by atoms with E-state index in [2.05, 4.69) is 25.8 Å². The predicted octanol–water partition coefficient (Wildman–Crippen LogP) is 4.38. The smallest absolute Gasteiger partial charge is 0.335 e. The van der Waals surface area contributed by atoms with E-state index in [0.29, 0.717) is 11.4 Å². The maximum Gasteiger partial charge on any atom is 0.335 e. The number of rotatable bonds is 3. The third-order valence-corrected chi connectivity index (χ3v) is 4.17. The van der Waals surface area contributed by atoms with Gasteiger partial charge in [0, 0.05) is 22.2 Å². The Morgan fingerprint density at radius 2 is 2.10 bits per heavy atom. The molecule has 0 unspecified atom stereocenters. The molecular weight excluding hydrogens is 294 g/mol. The zero-order valence-electron chi connectivity index (χ0n) is 11.6. The summed E-state index contributed by atoms with van der Waals surface area (Å²) in [5.74, 6) is -0.947. The summed E-state index contributed by atoms with van der Waals surface area (Å²) < 4.78 is 0. The van der Waals surface area contributed by atoms with E-state index in [1.54, 1.807) is 23.5 Å². The second-order valence-corrected chi connectivity index (χ2v) is 7.01. The van der Waals surface area contributed by atoms with E-state index in [1.165, 1.54) is 6.07 Å². The summed E-state index contributed by atoms with van der Waals surface area (Å²) in [7, 11) is 0. The number of carboxylic acid groups (broad SMARTS) is 1. The van der Waals surface area contributed by atoms with Gasteiger partial charge < -0.3 is 5.11 Å². The summed E-state index contributed by atoms with van der Waals surface area (Å²) in [5.41, 5.74) is 2.10. The molecule has 0 radical (unpaired) electrons. The summed E-state index contributed by atoms with van der Waals surface area (Å²) >= 11 is 7.71. The van der Waals surface area contributed by atoms with Gasteiger partial charge in [-0.05, 0) is 23.8 Å². The molecule has 2 rings (SSSR count). The third kappa shape index (κ3) is 3.38. The minimum Gasteiger partial charge on any atom is -0.478 e. The van der Waals surface area contributed by atoms with Gasteiger partial charge in [-0.1, -0.05) is 32.4 Å². The van der Waals surface area contributed by atoms with Gasteiger partial charge in [0.05, 0.1) is 16.3 Å². The van der Waals surface area contributed by atoms with Crippen LogP contribution in [0.2, 0.25) is 5.02 Å². The summed E-state index contributed by atoms with van der Waals surface area (Å²) in [4.78, 5) is 15.6. The fourth-order valence-electron chi connectivity index (χ4n) is 1.74. The lowest BCUT2D eigenvalue weighted by Gasteiger charge is -2.14. The van der Waals surface area contributed by atoms with Gasteiger partial charge in [0.25, 0.3) is 0 Å². The molecule has 0 saturated heterocycles. The zero-order valence-corrected chi connectivity index (χ0v) is 13.2. The number of aromatic nitrogens is 1. The van der Waals surface area contributed by atoms with Crippen molar-refractivity contribution in [2.75, 3.05) is 0 Å². The largest absolute Gasteiger partial charge is 0.478 e. The Morgan fingerprint density at radius 1 is 1.40 bits per heavy atom. The maximum atomic E-state index is 11.0. The van der Waals surface area contributed by atoms with Crippen molar-refractivity contribution in [3.63, 3.8) is 0 Å². The van der Waals surface area contributed by atoms with Crippen LogP contribution in [0.3, 0.4) is 0 Å². The van der Waals surface area contributed by atoms with Crippen LogP contribution in [0.25, 0.3) is 0 Å². The second-order valence-electron chi connectivity index (χ2n) is 5.66. The molecule has 106 valence electrons. The van der Waals surface area contributed by atoms with Crippen LogP contribution in [0, 0.1) is 0 Å². The first-order valence-corrected chi connectivity index (χ1v) is 7.50. The highest BCUT2D eigenvalue weighted by molar-refractivity contribution is 7.09. The number of thiazole rings is 1. The Morgan fingerprint density at radius 3 is 2.65 bits per heavy atom. The van der Waals surface area contributed by atoms with Crippen molar-refractivity contribution in [1.82, 2.24) is 4.98 Å². The van der Waals surface area contributed by atoms with Gasteiger partial charge in [0.15, 0.2) is 0 Å². The number of halogens is 1. The molecule has 20 heavy (non-hydrogen) atoms. The molecule has 0 aliphatic heterocycles. The summed E-state index contributed by atoms with van der Waals surface area (Å²) in [6, 6.07) is 4.75. The van der Waals surface area contributed by atoms with Crippen LogP contribution in [0.1, 0.15) is 47.4 Å². The molecule has 0 atom stereocenters. The van der Waals surface area contributed by atoms with Gasteiger partial charge in [-0.2, -0.15) is 0 Å². The number of carboxylic acids is 1. The fraction of sp³-hybridized carbons (Fsp3) is 0.333. The molecule has 3 nitrogen and oxygen atoms in total. The number of hydrogen-bond acceptors (Lipinski definition) is 3. The molecular formula is C15H16ClNO2S. The first kappa shape index (κ1) is 15.0. The molecule has 5 heteroatoms. The van der Waals surface area contributed by atoms with E-state index in [1.807, 2.05) is 5.38 Å². The number of nitrogens with zero attached hydrogens (tertiary/aromatic N) is 1. The van der Waals surface area contributed by atoms with Crippen LogP contribution in [0.5, 0.6) is 0 Å². The van der Waals surface area contributed by atoms with Crippen molar-refractivity contribution in [3.8, 4) is 0 Å². The predicted molar refractivity (Wildman–Crippen MR) is 82.0 cm³/mol. The first-order chi connectivity index (χ1) is 9.27. The van der Waals surface area contributed by atoms with Gasteiger partial charge in [-0.25, -0.2) is 9.78 Å². The number of hydrogen-bond donors (Lipinski definition) is 1. The van der Waals surface area contributed by atoms with E-state index >= 15 is 0 Å². The Balaban J connectivity index is 2.28. The maximum absolute atomic E-state index is 11.0. The van der Waals surface area contributed by atoms with E-state index in [9.17, 15) is 4.79 Å². The average molecular weight is 310 g/mol. The van der Waals surface area contributed by atoms with E-state index in [0.717, 1.165) is 16.3 Å². The molecule has 1 aromatic heterocycles. The fourth-order valence-corrected chi connectivity index (χ4v) is 2.97. The Labute approximate surface area is 127 Å². The molecule has 0 amide bonds. The van der Waals surface area contributed by atoms with Gasteiger partial charge >= 0.3 is 5.97 Å². The van der Waals surface area contributed by atoms with Crippen molar-refractivity contribution in [2.24, 2.45) is 0 Å². The third-order valence-electron chi connectivity index (χ3n) is 2.95. The van der Waals surface area contributed by atoms with Gasteiger partial charge in [-0.15, -0.1) is 11.3 Å². The van der Waals surface area contributed by atoms with Crippen molar-refractivity contribution in [3.05, 3.63) is 50.4 Å². The Hall–Kier alpha value is -1.39. The average Bonchev–Trinajstić information content (AvgIpc) is 2.80. The minimum atomic E-state index is -0.947. The molecule has 0 fully saturated rings. The molecule has 1 heterocycles. The number of benzene rings is 1. The van der Waals surface area contributed by atoms with Crippen LogP contribution in [0.15, 0.2) is 23.6 Å². The van der Waals surface area contributed by atoms with Crippen LogP contribution in [-0.4, -0.2) is 16.1 Å². The van der Waals surface area contributed by atoms with Crippen molar-refractivity contribution in [1.29, 1.82) is 0 Å². The lowest BCUT2D eigenvalue weighted by molar-refractivity contribution is 0.0697. The highest BCUT2D eigenvalue weighted by Gasteiger charge is 2.18. The summed E-state index contributed by atoms with van der Waals surface area (Å²) in [6.07, 6.45) is 0.556. The van der Waals surface area contributed by atoms with Gasteiger partial charge in [0.2, 0.25) is 0 Å². The number of aromatic carboxylic acids is 1. The highest BCUT2D eigenvalue weighted by Crippen LogP contribution is 2.27. The topological polar surface area (TPSA) is 50.2 Å². The monoisotopic (exact) mass is 309 g/mol. The molecule has 0 bridgehead atoms. The first-order valence-electron chi connectivity index (χ1n) is 6.24. The zero-order chi connectivity index (χ0) is 14.9. The van der Waals surface area contributed by atoms with E-state index < -0.39 is 5.97 Å². The van der Waals surface area contributed by atoms with Crippen LogP contribution >= 0.6 is 22.9 Å². The molecule has 0 saturated carbocycles. The molecule has 1 N–H and O–H groups in total. The normalized spacial score (nSPS) is 11.6. The molecule has 0 spiro atoms. The lowest BCUT2D eigenvalue weighted by Crippen LogP contribution is -2.11. The van der Waals surface area contributed by atoms with Crippen LogP contribution in [-0.2, 0) is 11.8 Å². The molecule has 2 aromatic rings.